The van der Waals surface area contributed by atoms with Crippen LogP contribution in [0.2, 0.25) is 0 Å². The fraction of sp³-hybridized carbons (Fsp3) is 0.238. The Labute approximate surface area is 191 Å². The number of halogens is 2. The highest BCUT2D eigenvalue weighted by atomic mass is 32.2. The molecule has 12 heteroatoms. The zero-order valence-electron chi connectivity index (χ0n) is 17.8. The van der Waals surface area contributed by atoms with Crippen molar-refractivity contribution in [2.75, 3.05) is 17.3 Å². The minimum absolute atomic E-state index is 0. The van der Waals surface area contributed by atoms with Crippen molar-refractivity contribution >= 4 is 27.1 Å². The normalized spacial score (nSPS) is 12.7. The van der Waals surface area contributed by atoms with Crippen LogP contribution in [0.3, 0.4) is 0 Å². The minimum Gasteiger partial charge on any atom is -0.382 e. The monoisotopic (exact) mass is 477 g/mol. The fourth-order valence-electron chi connectivity index (χ4n) is 3.50. The van der Waals surface area contributed by atoms with Gasteiger partial charge in [0.2, 0.25) is 15.0 Å². The molecule has 0 radical (unpaired) electrons. The van der Waals surface area contributed by atoms with Gasteiger partial charge >= 0.3 is 0 Å². The number of sulfone groups is 1. The fourth-order valence-corrected chi connectivity index (χ4v) is 4.03. The number of nitrogens with one attached hydrogen (secondary N) is 1. The first-order valence-corrected chi connectivity index (χ1v) is 12.0. The Balaban J connectivity index is 0.00000216. The summed E-state index contributed by atoms with van der Waals surface area (Å²) in [5.41, 5.74) is 7.22. The molecule has 1 aromatic carbocycles. The molecule has 0 spiro atoms. The maximum absolute atomic E-state index is 14.5. The van der Waals surface area contributed by atoms with E-state index in [1.54, 1.807) is 18.5 Å². The van der Waals surface area contributed by atoms with Gasteiger partial charge in [0.1, 0.15) is 17.5 Å². The first-order valence-electron chi connectivity index (χ1n) is 10.1. The molecule has 4 rings (SSSR count). The third kappa shape index (κ3) is 4.60. The number of benzene rings is 1. The van der Waals surface area contributed by atoms with Crippen molar-refractivity contribution < 1.29 is 20.1 Å². The predicted octanol–water partition coefficient (Wildman–Crippen LogP) is 3.90. The van der Waals surface area contributed by atoms with Crippen LogP contribution in [-0.4, -0.2) is 39.2 Å². The number of hydrogen-bond donors (Lipinski definition) is 2. The SMILES string of the molecule is CCC[C@H](Nc1cc(-c2c(N)nn3cccnc23)nc(S(C)(=O)=O)n1)c1ccc(F)cc1F.[HH].[HH]. The van der Waals surface area contributed by atoms with Gasteiger partial charge in [-0.15, -0.1) is 5.10 Å². The largest absolute Gasteiger partial charge is 0.382 e. The van der Waals surface area contributed by atoms with Crippen LogP contribution in [0.25, 0.3) is 16.9 Å². The van der Waals surface area contributed by atoms with E-state index >= 15 is 0 Å². The van der Waals surface area contributed by atoms with Crippen LogP contribution in [-0.2, 0) is 9.84 Å². The average molecular weight is 478 g/mol. The van der Waals surface area contributed by atoms with Crippen LogP contribution in [0, 0.1) is 11.6 Å². The number of rotatable bonds is 7. The van der Waals surface area contributed by atoms with E-state index in [1.807, 2.05) is 6.92 Å². The Kier molecular flexibility index (Phi) is 5.93. The molecule has 176 valence electrons. The first-order chi connectivity index (χ1) is 15.7. The maximum Gasteiger partial charge on any atom is 0.249 e. The van der Waals surface area contributed by atoms with Crippen molar-refractivity contribution in [3.8, 4) is 11.3 Å². The van der Waals surface area contributed by atoms with Gasteiger partial charge in [0.25, 0.3) is 0 Å². The van der Waals surface area contributed by atoms with E-state index in [2.05, 4.69) is 25.4 Å². The summed E-state index contributed by atoms with van der Waals surface area (Å²) in [7, 11) is -3.81. The Morgan fingerprint density at radius 3 is 2.73 bits per heavy atom. The van der Waals surface area contributed by atoms with Crippen molar-refractivity contribution in [3.63, 3.8) is 0 Å². The second kappa shape index (κ2) is 8.70. The van der Waals surface area contributed by atoms with Gasteiger partial charge in [0.15, 0.2) is 11.5 Å². The third-order valence-corrected chi connectivity index (χ3v) is 5.80. The zero-order valence-corrected chi connectivity index (χ0v) is 18.6. The molecule has 9 nitrogen and oxygen atoms in total. The quantitative estimate of drug-likeness (QED) is 0.384. The number of nitrogens with zero attached hydrogens (tertiary/aromatic N) is 5. The number of nitrogens with two attached hydrogens (primary N) is 1. The Hall–Kier alpha value is -3.67. The molecule has 0 amide bonds. The topological polar surface area (TPSA) is 128 Å². The van der Waals surface area contributed by atoms with Gasteiger partial charge < -0.3 is 11.1 Å². The lowest BCUT2D eigenvalue weighted by Gasteiger charge is -2.20. The summed E-state index contributed by atoms with van der Waals surface area (Å²) in [4.78, 5) is 12.6. The van der Waals surface area contributed by atoms with Crippen molar-refractivity contribution in [3.05, 3.63) is 59.9 Å². The summed E-state index contributed by atoms with van der Waals surface area (Å²) in [5, 5.41) is 6.82. The molecule has 4 aromatic rings. The lowest BCUT2D eigenvalue weighted by atomic mass is 10.0. The number of hydrogen-bond acceptors (Lipinski definition) is 8. The molecule has 0 saturated carbocycles. The molecule has 0 bridgehead atoms. The molecule has 0 fully saturated rings. The molecule has 0 aliphatic rings. The van der Waals surface area contributed by atoms with Crippen molar-refractivity contribution in [1.82, 2.24) is 24.6 Å². The van der Waals surface area contributed by atoms with Crippen molar-refractivity contribution in [2.24, 2.45) is 0 Å². The molecule has 3 N–H and O–H groups in total. The zero-order chi connectivity index (χ0) is 23.8. The van der Waals surface area contributed by atoms with Crippen molar-refractivity contribution in [1.29, 1.82) is 0 Å². The molecular weight excluding hydrogens is 452 g/mol. The predicted molar refractivity (Wildman–Crippen MR) is 123 cm³/mol. The molecule has 0 unspecified atom stereocenters. The van der Waals surface area contributed by atoms with Crippen LogP contribution in [0.5, 0.6) is 0 Å². The molecule has 0 saturated heterocycles. The summed E-state index contributed by atoms with van der Waals surface area (Å²) in [6, 6.07) is 5.90. The number of nitrogen functional groups attached to an aromatic ring is 1. The minimum atomic E-state index is -3.81. The van der Waals surface area contributed by atoms with Crippen LogP contribution in [0.4, 0.5) is 20.4 Å². The second-order valence-electron chi connectivity index (χ2n) is 7.49. The van der Waals surface area contributed by atoms with Gasteiger partial charge in [0.05, 0.1) is 17.3 Å². The molecule has 0 aliphatic heterocycles. The molecule has 3 heterocycles. The first kappa shape index (κ1) is 22.5. The van der Waals surface area contributed by atoms with Gasteiger partial charge in [-0.2, -0.15) is 0 Å². The van der Waals surface area contributed by atoms with Gasteiger partial charge in [-0.25, -0.2) is 36.7 Å². The van der Waals surface area contributed by atoms with Crippen LogP contribution in [0.1, 0.15) is 34.2 Å². The van der Waals surface area contributed by atoms with Crippen molar-refractivity contribution in [2.45, 2.75) is 31.0 Å². The van der Waals surface area contributed by atoms with Gasteiger partial charge in [-0.05, 0) is 18.6 Å². The van der Waals surface area contributed by atoms with Gasteiger partial charge in [-0.3, -0.25) is 0 Å². The van der Waals surface area contributed by atoms with E-state index in [-0.39, 0.29) is 25.7 Å². The second-order valence-corrected chi connectivity index (χ2v) is 9.40. The number of fused-ring (bicyclic) bond motifs is 1. The van der Waals surface area contributed by atoms with Crippen LogP contribution in [0.15, 0.2) is 47.9 Å². The van der Waals surface area contributed by atoms with E-state index < -0.39 is 32.7 Å². The van der Waals surface area contributed by atoms with Crippen LogP contribution < -0.4 is 11.1 Å². The molecule has 3 aromatic heterocycles. The summed E-state index contributed by atoms with van der Waals surface area (Å²) in [6.45, 7) is 1.91. The smallest absolute Gasteiger partial charge is 0.249 e. The highest BCUT2D eigenvalue weighted by Crippen LogP contribution is 2.32. The summed E-state index contributed by atoms with van der Waals surface area (Å²) in [6.07, 6.45) is 5.34. The number of anilines is 2. The standard InChI is InChI=1S/C21H21F2N7O2S.2H2/c1-3-5-15(13-7-6-12(22)10-14(13)23)26-17-11-16(27-21(28-17)33(2,31)32)18-19(24)29-30-9-4-8-25-20(18)30;;/h4,6-11,15H,3,5H2,1-2H3,(H2,24,29)(H,26,27,28);2*1H/t15-;;/m0../s1. The Morgan fingerprint density at radius 1 is 1.24 bits per heavy atom. The molecule has 0 aliphatic carbocycles. The van der Waals surface area contributed by atoms with Crippen LogP contribution >= 0.6 is 0 Å². The van der Waals surface area contributed by atoms with Gasteiger partial charge in [0, 0.05) is 39.2 Å². The molecular formula is C21H25F2N7O2S. The lowest BCUT2D eigenvalue weighted by Crippen LogP contribution is -2.15. The number of aromatic nitrogens is 5. The third-order valence-electron chi connectivity index (χ3n) is 4.95. The van der Waals surface area contributed by atoms with E-state index in [1.165, 1.54) is 22.7 Å². The summed E-state index contributed by atoms with van der Waals surface area (Å²) in [5.74, 6) is -1.16. The van der Waals surface area contributed by atoms with E-state index in [9.17, 15) is 17.2 Å². The highest BCUT2D eigenvalue weighted by Gasteiger charge is 2.22. The Bertz CT molecular complexity index is 1450. The summed E-state index contributed by atoms with van der Waals surface area (Å²) < 4.78 is 54.0. The molecule has 1 atom stereocenters. The lowest BCUT2D eigenvalue weighted by molar-refractivity contribution is 0.551. The van der Waals surface area contributed by atoms with E-state index in [0.29, 0.717) is 24.1 Å². The van der Waals surface area contributed by atoms with E-state index in [4.69, 9.17) is 5.73 Å². The summed E-state index contributed by atoms with van der Waals surface area (Å²) >= 11 is 0. The molecule has 33 heavy (non-hydrogen) atoms. The Morgan fingerprint density at radius 2 is 2.03 bits per heavy atom. The highest BCUT2D eigenvalue weighted by molar-refractivity contribution is 7.90. The van der Waals surface area contributed by atoms with E-state index in [0.717, 1.165) is 12.3 Å². The van der Waals surface area contributed by atoms with Gasteiger partial charge in [-0.1, -0.05) is 19.4 Å². The average Bonchev–Trinajstić information content (AvgIpc) is 3.08. The maximum atomic E-state index is 14.5.